The largest absolute Gasteiger partial charge is 0.298 e. The number of ketones is 3. The highest BCUT2D eigenvalue weighted by Crippen LogP contribution is 2.34. The highest BCUT2D eigenvalue weighted by molar-refractivity contribution is 6.22. The first-order valence-electron chi connectivity index (χ1n) is 7.99. The summed E-state index contributed by atoms with van der Waals surface area (Å²) in [6.07, 6.45) is 2.98. The molecule has 0 N–H and O–H groups in total. The van der Waals surface area contributed by atoms with Crippen LogP contribution in [0.2, 0.25) is 0 Å². The Labute approximate surface area is 137 Å². The van der Waals surface area contributed by atoms with Crippen LogP contribution in [0.5, 0.6) is 0 Å². The SMILES string of the molecule is CC1(C)CC(=O)C(C(=O)CC=NCCc2ccccc2)C(=O)C1. The first kappa shape index (κ1) is 17.3. The summed E-state index contributed by atoms with van der Waals surface area (Å²) in [5, 5.41) is 0. The Morgan fingerprint density at radius 2 is 1.78 bits per heavy atom. The second-order valence-corrected chi connectivity index (χ2v) is 6.88. The number of hydrogen-bond donors (Lipinski definition) is 0. The summed E-state index contributed by atoms with van der Waals surface area (Å²) in [5.74, 6) is -1.87. The highest BCUT2D eigenvalue weighted by Gasteiger charge is 2.42. The van der Waals surface area contributed by atoms with Crippen molar-refractivity contribution in [3.05, 3.63) is 35.9 Å². The Morgan fingerprint density at radius 1 is 1.17 bits per heavy atom. The smallest absolute Gasteiger partial charge is 0.156 e. The fourth-order valence-electron chi connectivity index (χ4n) is 2.95. The minimum atomic E-state index is -1.07. The average molecular weight is 313 g/mol. The topological polar surface area (TPSA) is 63.6 Å². The molecule has 0 radical (unpaired) electrons. The van der Waals surface area contributed by atoms with Gasteiger partial charge in [0.25, 0.3) is 0 Å². The van der Waals surface area contributed by atoms with Crippen molar-refractivity contribution in [2.75, 3.05) is 6.54 Å². The van der Waals surface area contributed by atoms with Gasteiger partial charge in [0.2, 0.25) is 0 Å². The maximum atomic E-state index is 12.1. The fraction of sp³-hybridized carbons (Fsp3) is 0.474. The molecule has 1 aromatic rings. The molecule has 1 aliphatic carbocycles. The minimum Gasteiger partial charge on any atom is -0.298 e. The molecule has 0 heterocycles. The molecule has 1 saturated carbocycles. The lowest BCUT2D eigenvalue weighted by molar-refractivity contribution is -0.144. The van der Waals surface area contributed by atoms with Gasteiger partial charge >= 0.3 is 0 Å². The Bertz CT molecular complexity index is 597. The molecule has 1 aromatic carbocycles. The number of hydrogen-bond acceptors (Lipinski definition) is 4. The number of benzene rings is 1. The molecule has 1 fully saturated rings. The zero-order chi connectivity index (χ0) is 16.9. The van der Waals surface area contributed by atoms with E-state index in [4.69, 9.17) is 0 Å². The van der Waals surface area contributed by atoms with Gasteiger partial charge < -0.3 is 0 Å². The van der Waals surface area contributed by atoms with Crippen LogP contribution in [-0.4, -0.2) is 30.1 Å². The van der Waals surface area contributed by atoms with E-state index in [1.165, 1.54) is 11.8 Å². The second-order valence-electron chi connectivity index (χ2n) is 6.88. The fourth-order valence-corrected chi connectivity index (χ4v) is 2.95. The van der Waals surface area contributed by atoms with Crippen LogP contribution in [0.15, 0.2) is 35.3 Å². The van der Waals surface area contributed by atoms with E-state index >= 15 is 0 Å². The lowest BCUT2D eigenvalue weighted by Gasteiger charge is -2.31. The Hall–Kier alpha value is -2.10. The average Bonchev–Trinajstić information content (AvgIpc) is 2.45. The van der Waals surface area contributed by atoms with Crippen LogP contribution < -0.4 is 0 Å². The summed E-state index contributed by atoms with van der Waals surface area (Å²) >= 11 is 0. The van der Waals surface area contributed by atoms with Gasteiger partial charge in [-0.2, -0.15) is 0 Å². The molecule has 0 aromatic heterocycles. The maximum absolute atomic E-state index is 12.1. The van der Waals surface area contributed by atoms with E-state index in [9.17, 15) is 14.4 Å². The zero-order valence-corrected chi connectivity index (χ0v) is 13.7. The van der Waals surface area contributed by atoms with E-state index in [1.807, 2.05) is 44.2 Å². The van der Waals surface area contributed by atoms with Gasteiger partial charge in [-0.25, -0.2) is 0 Å². The lowest BCUT2D eigenvalue weighted by Crippen LogP contribution is -2.41. The van der Waals surface area contributed by atoms with E-state index < -0.39 is 5.92 Å². The van der Waals surface area contributed by atoms with Gasteiger partial charge in [0.05, 0.1) is 0 Å². The van der Waals surface area contributed by atoms with Gasteiger partial charge in [-0.1, -0.05) is 44.2 Å². The summed E-state index contributed by atoms with van der Waals surface area (Å²) in [6, 6.07) is 9.98. The number of nitrogens with zero attached hydrogens (tertiary/aromatic N) is 1. The van der Waals surface area contributed by atoms with Crippen molar-refractivity contribution in [2.24, 2.45) is 16.3 Å². The summed E-state index contributed by atoms with van der Waals surface area (Å²) < 4.78 is 0. The van der Waals surface area contributed by atoms with Crippen molar-refractivity contribution in [1.82, 2.24) is 0 Å². The molecule has 0 amide bonds. The summed E-state index contributed by atoms with van der Waals surface area (Å²) in [7, 11) is 0. The molecule has 0 bridgehead atoms. The van der Waals surface area contributed by atoms with Crippen LogP contribution >= 0.6 is 0 Å². The van der Waals surface area contributed by atoms with Crippen molar-refractivity contribution in [3.8, 4) is 0 Å². The normalized spacial score (nSPS) is 18.5. The first-order valence-corrected chi connectivity index (χ1v) is 7.99. The molecule has 0 saturated heterocycles. The third kappa shape index (κ3) is 4.95. The van der Waals surface area contributed by atoms with Gasteiger partial charge in [0.15, 0.2) is 17.3 Å². The third-order valence-electron chi connectivity index (χ3n) is 4.07. The van der Waals surface area contributed by atoms with Crippen LogP contribution in [-0.2, 0) is 20.8 Å². The summed E-state index contributed by atoms with van der Waals surface area (Å²) in [5.41, 5.74) is 0.866. The van der Waals surface area contributed by atoms with Gasteiger partial charge in [0, 0.05) is 32.0 Å². The molecule has 0 unspecified atom stereocenters. The predicted molar refractivity (Wildman–Crippen MR) is 89.6 cm³/mol. The Balaban J connectivity index is 1.81. The third-order valence-corrected chi connectivity index (χ3v) is 4.07. The van der Waals surface area contributed by atoms with Gasteiger partial charge in [-0.15, -0.1) is 0 Å². The number of aliphatic imine (C=N–C) groups is 1. The van der Waals surface area contributed by atoms with E-state index in [0.29, 0.717) is 19.4 Å². The van der Waals surface area contributed by atoms with E-state index in [0.717, 1.165) is 6.42 Å². The zero-order valence-electron chi connectivity index (χ0n) is 13.7. The highest BCUT2D eigenvalue weighted by atomic mass is 16.2. The standard InChI is InChI=1S/C19H23NO3/c1-19(2)12-16(22)18(17(23)13-19)15(21)9-11-20-10-8-14-6-4-3-5-7-14/h3-7,11,18H,8-10,12-13H2,1-2H3. The van der Waals surface area contributed by atoms with E-state index in [2.05, 4.69) is 4.99 Å². The van der Waals surface area contributed by atoms with E-state index in [1.54, 1.807) is 0 Å². The maximum Gasteiger partial charge on any atom is 0.156 e. The Kier molecular flexibility index (Phi) is 5.59. The molecule has 4 heteroatoms. The van der Waals surface area contributed by atoms with Gasteiger partial charge in [-0.3, -0.25) is 19.4 Å². The quantitative estimate of drug-likeness (QED) is 0.599. The number of Topliss-reactive ketones (excluding diaryl/α,β-unsaturated/α-hetero) is 3. The summed E-state index contributed by atoms with van der Waals surface area (Å²) in [4.78, 5) is 40.4. The lowest BCUT2D eigenvalue weighted by atomic mass is 9.70. The van der Waals surface area contributed by atoms with Crippen LogP contribution in [0.25, 0.3) is 0 Å². The van der Waals surface area contributed by atoms with E-state index in [-0.39, 0.29) is 29.2 Å². The van der Waals surface area contributed by atoms with Crippen LogP contribution in [0.4, 0.5) is 0 Å². The molecule has 0 spiro atoms. The number of carbonyl (C=O) groups excluding carboxylic acids is 3. The van der Waals surface area contributed by atoms with Crippen molar-refractivity contribution in [3.63, 3.8) is 0 Å². The van der Waals surface area contributed by atoms with Gasteiger partial charge in [0.1, 0.15) is 5.92 Å². The van der Waals surface area contributed by atoms with Crippen LogP contribution in [0.1, 0.15) is 38.7 Å². The van der Waals surface area contributed by atoms with Crippen molar-refractivity contribution in [1.29, 1.82) is 0 Å². The molecular formula is C19H23NO3. The molecule has 122 valence electrons. The molecule has 1 aliphatic rings. The Morgan fingerprint density at radius 3 is 2.39 bits per heavy atom. The summed E-state index contributed by atoms with van der Waals surface area (Å²) in [6.45, 7) is 4.36. The predicted octanol–water partition coefficient (Wildman–Crippen LogP) is 2.83. The first-order chi connectivity index (χ1) is 10.9. The van der Waals surface area contributed by atoms with Crippen molar-refractivity contribution < 1.29 is 14.4 Å². The van der Waals surface area contributed by atoms with Crippen LogP contribution in [0.3, 0.4) is 0 Å². The monoisotopic (exact) mass is 313 g/mol. The molecular weight excluding hydrogens is 290 g/mol. The van der Waals surface area contributed by atoms with Crippen molar-refractivity contribution in [2.45, 2.75) is 39.5 Å². The second kappa shape index (κ2) is 7.44. The molecule has 2 rings (SSSR count). The molecule has 0 atom stereocenters. The molecule has 4 nitrogen and oxygen atoms in total. The van der Waals surface area contributed by atoms with Crippen molar-refractivity contribution >= 4 is 23.6 Å². The minimum absolute atomic E-state index is 0.0529. The number of rotatable bonds is 6. The van der Waals surface area contributed by atoms with Gasteiger partial charge in [-0.05, 0) is 17.4 Å². The molecule has 0 aliphatic heterocycles. The number of carbonyl (C=O) groups is 3. The molecule has 23 heavy (non-hydrogen) atoms. The van der Waals surface area contributed by atoms with Crippen LogP contribution in [0, 0.1) is 11.3 Å².